The predicted octanol–water partition coefficient (Wildman–Crippen LogP) is 2.78. The Hall–Kier alpha value is -3.90. The molecule has 0 saturated carbocycles. The second-order valence-corrected chi connectivity index (χ2v) is 7.93. The zero-order valence-electron chi connectivity index (χ0n) is 18.0. The number of hydrogen-bond acceptors (Lipinski definition) is 10. The first-order chi connectivity index (χ1) is 16.2. The van der Waals surface area contributed by atoms with Gasteiger partial charge in [0, 0.05) is 36.8 Å². The zero-order chi connectivity index (χ0) is 24.8. The molecule has 34 heavy (non-hydrogen) atoms. The fourth-order valence-corrected chi connectivity index (χ4v) is 3.52. The van der Waals surface area contributed by atoms with E-state index in [1.807, 2.05) is 0 Å². The molecule has 0 saturated heterocycles. The van der Waals surface area contributed by atoms with E-state index in [9.17, 15) is 14.9 Å². The monoisotopic (exact) mass is 505 g/mol. The molecule has 3 rings (SSSR count). The van der Waals surface area contributed by atoms with Crippen LogP contribution in [0.2, 0.25) is 10.0 Å². The molecular weight excluding hydrogens is 485 g/mol. The summed E-state index contributed by atoms with van der Waals surface area (Å²) < 4.78 is 0. The minimum atomic E-state index is -0.596. The SMILES string of the molecule is CN(CC(N)=O)c1ncc(NCCNc2ccc([N+](=O)[O-])c(N)n2)nc1-c1ccc(Cl)cc1Cl. The van der Waals surface area contributed by atoms with Gasteiger partial charge in [-0.3, -0.25) is 14.9 Å². The molecule has 6 N–H and O–H groups in total. The maximum absolute atomic E-state index is 11.4. The van der Waals surface area contributed by atoms with E-state index in [1.165, 1.54) is 18.3 Å². The summed E-state index contributed by atoms with van der Waals surface area (Å²) in [6.07, 6.45) is 1.52. The number of amides is 1. The highest BCUT2D eigenvalue weighted by molar-refractivity contribution is 6.36. The number of rotatable bonds is 10. The van der Waals surface area contributed by atoms with E-state index in [1.54, 1.807) is 30.1 Å². The molecule has 2 aromatic heterocycles. The van der Waals surface area contributed by atoms with Crippen LogP contribution in [0.15, 0.2) is 36.5 Å². The minimum Gasteiger partial charge on any atom is -0.378 e. The molecule has 0 aliphatic rings. The Morgan fingerprint density at radius 3 is 2.47 bits per heavy atom. The van der Waals surface area contributed by atoms with Crippen LogP contribution < -0.4 is 27.0 Å². The molecule has 178 valence electrons. The number of halogens is 2. The number of nitrogens with one attached hydrogen (secondary N) is 2. The second-order valence-electron chi connectivity index (χ2n) is 7.09. The van der Waals surface area contributed by atoms with Crippen molar-refractivity contribution in [1.29, 1.82) is 0 Å². The van der Waals surface area contributed by atoms with Gasteiger partial charge in [0.25, 0.3) is 0 Å². The minimum absolute atomic E-state index is 0.0606. The summed E-state index contributed by atoms with van der Waals surface area (Å²) in [4.78, 5) is 36.2. The van der Waals surface area contributed by atoms with Gasteiger partial charge in [0.05, 0.1) is 22.7 Å². The number of pyridine rings is 1. The lowest BCUT2D eigenvalue weighted by Crippen LogP contribution is -2.31. The average Bonchev–Trinajstić information content (AvgIpc) is 2.76. The molecule has 2 heterocycles. The van der Waals surface area contributed by atoms with Crippen LogP contribution in [-0.2, 0) is 4.79 Å². The van der Waals surface area contributed by atoms with Gasteiger partial charge in [0.1, 0.15) is 17.3 Å². The van der Waals surface area contributed by atoms with Crippen molar-refractivity contribution < 1.29 is 9.72 Å². The fraction of sp³-hybridized carbons (Fsp3) is 0.200. The third-order valence-corrected chi connectivity index (χ3v) is 5.08. The highest BCUT2D eigenvalue weighted by atomic mass is 35.5. The summed E-state index contributed by atoms with van der Waals surface area (Å²) >= 11 is 12.4. The highest BCUT2D eigenvalue weighted by Crippen LogP contribution is 2.34. The van der Waals surface area contributed by atoms with Gasteiger partial charge < -0.3 is 27.0 Å². The standard InChI is InChI=1S/C20H21Cl2N9O3/c1-30(10-15(23)32)20-18(12-3-2-11(21)8-13(12)22)28-17(9-27-20)26-7-6-25-16-5-4-14(31(33)34)19(24)29-16/h2-5,8-9H,6-7,10H2,1H3,(H2,23,32)(H,26,28)(H3,24,25,29). The van der Waals surface area contributed by atoms with Crippen LogP contribution in [-0.4, -0.2) is 52.5 Å². The molecular formula is C20H21Cl2N9O3. The van der Waals surface area contributed by atoms with Crippen LogP contribution in [0, 0.1) is 10.1 Å². The first kappa shape index (κ1) is 24.7. The number of nitrogen functional groups attached to an aromatic ring is 1. The van der Waals surface area contributed by atoms with Crippen molar-refractivity contribution in [2.75, 3.05) is 47.9 Å². The predicted molar refractivity (Wildman–Crippen MR) is 132 cm³/mol. The Morgan fingerprint density at radius 1 is 1.15 bits per heavy atom. The number of carbonyl (C=O) groups is 1. The van der Waals surface area contributed by atoms with Crippen molar-refractivity contribution in [3.63, 3.8) is 0 Å². The third-order valence-electron chi connectivity index (χ3n) is 4.53. The van der Waals surface area contributed by atoms with Crippen LogP contribution in [0.5, 0.6) is 0 Å². The lowest BCUT2D eigenvalue weighted by Gasteiger charge is -2.20. The number of carbonyl (C=O) groups excluding carboxylic acids is 1. The number of hydrogen-bond donors (Lipinski definition) is 4. The lowest BCUT2D eigenvalue weighted by molar-refractivity contribution is -0.384. The first-order valence-corrected chi connectivity index (χ1v) is 10.6. The summed E-state index contributed by atoms with van der Waals surface area (Å²) in [7, 11) is 1.67. The molecule has 0 spiro atoms. The topological polar surface area (TPSA) is 178 Å². The van der Waals surface area contributed by atoms with E-state index in [0.717, 1.165) is 0 Å². The molecule has 14 heteroatoms. The Bertz CT molecular complexity index is 1230. The molecule has 0 fully saturated rings. The van der Waals surface area contributed by atoms with Gasteiger partial charge in [0.2, 0.25) is 11.7 Å². The van der Waals surface area contributed by atoms with Crippen LogP contribution in [0.1, 0.15) is 0 Å². The summed E-state index contributed by atoms with van der Waals surface area (Å²) in [6, 6.07) is 7.73. The maximum atomic E-state index is 11.4. The Balaban J connectivity index is 1.75. The van der Waals surface area contributed by atoms with Crippen molar-refractivity contribution in [3.05, 3.63) is 56.7 Å². The van der Waals surface area contributed by atoms with E-state index >= 15 is 0 Å². The number of nitrogens with zero attached hydrogens (tertiary/aromatic N) is 5. The maximum Gasteiger partial charge on any atom is 0.311 e. The van der Waals surface area contributed by atoms with E-state index in [4.69, 9.17) is 34.7 Å². The van der Waals surface area contributed by atoms with E-state index in [2.05, 4.69) is 25.6 Å². The zero-order valence-corrected chi connectivity index (χ0v) is 19.5. The fourth-order valence-electron chi connectivity index (χ4n) is 3.02. The molecule has 3 aromatic rings. The number of likely N-dealkylation sites (N-methyl/N-ethyl adjacent to an activating group) is 1. The van der Waals surface area contributed by atoms with Crippen LogP contribution in [0.25, 0.3) is 11.3 Å². The number of aromatic nitrogens is 3. The van der Waals surface area contributed by atoms with E-state index < -0.39 is 10.8 Å². The van der Waals surface area contributed by atoms with Crippen molar-refractivity contribution >= 4 is 58.1 Å². The molecule has 0 bridgehead atoms. The van der Waals surface area contributed by atoms with Gasteiger partial charge in [-0.2, -0.15) is 0 Å². The summed E-state index contributed by atoms with van der Waals surface area (Å²) in [5, 5.41) is 17.8. The molecule has 0 aliphatic carbocycles. The number of anilines is 4. The number of primary amides is 1. The lowest BCUT2D eigenvalue weighted by atomic mass is 10.1. The van der Waals surface area contributed by atoms with E-state index in [0.29, 0.717) is 51.8 Å². The Kier molecular flexibility index (Phi) is 7.87. The van der Waals surface area contributed by atoms with E-state index in [-0.39, 0.29) is 18.1 Å². The van der Waals surface area contributed by atoms with Gasteiger partial charge in [-0.15, -0.1) is 0 Å². The largest absolute Gasteiger partial charge is 0.378 e. The molecule has 0 atom stereocenters. The van der Waals surface area contributed by atoms with Crippen LogP contribution in [0.4, 0.5) is 29.0 Å². The molecule has 0 unspecified atom stereocenters. The number of nitrogens with two attached hydrogens (primary N) is 2. The van der Waals surface area contributed by atoms with Gasteiger partial charge >= 0.3 is 5.69 Å². The second kappa shape index (κ2) is 10.8. The summed E-state index contributed by atoms with van der Waals surface area (Å²) in [5.74, 6) is 0.570. The first-order valence-electron chi connectivity index (χ1n) is 9.86. The van der Waals surface area contributed by atoms with Gasteiger partial charge in [-0.05, 0) is 24.3 Å². The Labute approximate surface area is 204 Å². The quantitative estimate of drug-likeness (QED) is 0.182. The van der Waals surface area contributed by atoms with Gasteiger partial charge in [-0.1, -0.05) is 23.2 Å². The molecule has 0 aliphatic heterocycles. The summed E-state index contributed by atoms with van der Waals surface area (Å²) in [6.45, 7) is 0.763. The van der Waals surface area contributed by atoms with Gasteiger partial charge in [0.15, 0.2) is 5.82 Å². The highest BCUT2D eigenvalue weighted by Gasteiger charge is 2.18. The van der Waals surface area contributed by atoms with Crippen molar-refractivity contribution in [1.82, 2.24) is 15.0 Å². The normalized spacial score (nSPS) is 10.6. The molecule has 1 aromatic carbocycles. The average molecular weight is 506 g/mol. The van der Waals surface area contributed by atoms with Gasteiger partial charge in [-0.25, -0.2) is 15.0 Å². The van der Waals surface area contributed by atoms with Crippen molar-refractivity contribution in [3.8, 4) is 11.3 Å². The number of nitro groups is 1. The Morgan fingerprint density at radius 2 is 1.85 bits per heavy atom. The van der Waals surface area contributed by atoms with Crippen LogP contribution in [0.3, 0.4) is 0 Å². The molecule has 12 nitrogen and oxygen atoms in total. The third kappa shape index (κ3) is 6.11. The molecule has 1 amide bonds. The summed E-state index contributed by atoms with van der Waals surface area (Å²) in [5.41, 5.74) is 11.7. The molecule has 0 radical (unpaired) electrons. The van der Waals surface area contributed by atoms with Crippen molar-refractivity contribution in [2.45, 2.75) is 0 Å². The number of benzene rings is 1. The van der Waals surface area contributed by atoms with Crippen LogP contribution >= 0.6 is 23.2 Å². The smallest absolute Gasteiger partial charge is 0.311 e. The van der Waals surface area contributed by atoms with Crippen molar-refractivity contribution in [2.24, 2.45) is 5.73 Å².